The smallest absolute Gasteiger partial charge is 0.244 e. The van der Waals surface area contributed by atoms with Gasteiger partial charge in [-0.1, -0.05) is 51.8 Å². The van der Waals surface area contributed by atoms with Crippen LogP contribution < -0.4 is 5.43 Å². The summed E-state index contributed by atoms with van der Waals surface area (Å²) in [5.41, 5.74) is 5.31. The summed E-state index contributed by atoms with van der Waals surface area (Å²) in [4.78, 5) is 11.9. The topological polar surface area (TPSA) is 54.6 Å². The number of furan rings is 1. The van der Waals surface area contributed by atoms with Gasteiger partial charge in [0.25, 0.3) is 0 Å². The predicted molar refractivity (Wildman–Crippen MR) is 107 cm³/mol. The molecule has 0 spiro atoms. The predicted octanol–water partition coefficient (Wildman–Crippen LogP) is 5.36. The fourth-order valence-corrected chi connectivity index (χ4v) is 2.76. The van der Waals surface area contributed by atoms with Crippen LogP contribution in [0.2, 0.25) is 5.02 Å². The van der Waals surface area contributed by atoms with Gasteiger partial charge in [0.2, 0.25) is 5.91 Å². The molecule has 1 amide bonds. The lowest BCUT2D eigenvalue weighted by molar-refractivity contribution is -0.120. The van der Waals surface area contributed by atoms with Gasteiger partial charge in [-0.05, 0) is 48.4 Å². The molecule has 132 valence electrons. The van der Waals surface area contributed by atoms with Crippen LogP contribution in [0, 0.1) is 6.92 Å². The zero-order valence-electron chi connectivity index (χ0n) is 14.0. The van der Waals surface area contributed by atoms with Crippen LogP contribution in [0.5, 0.6) is 0 Å². The van der Waals surface area contributed by atoms with E-state index >= 15 is 0 Å². The molecule has 0 radical (unpaired) electrons. The lowest BCUT2D eigenvalue weighted by Crippen LogP contribution is -2.19. The number of nitrogens with zero attached hydrogens (tertiary/aromatic N) is 1. The summed E-state index contributed by atoms with van der Waals surface area (Å²) in [5.74, 6) is 1.04. The minimum Gasteiger partial charge on any atom is -0.455 e. The Morgan fingerprint density at radius 3 is 2.69 bits per heavy atom. The first-order valence-corrected chi connectivity index (χ1v) is 9.11. The lowest BCUT2D eigenvalue weighted by atomic mass is 10.1. The molecular formula is C20H16BrClN2O2. The molecule has 3 aromatic rings. The van der Waals surface area contributed by atoms with Crippen molar-refractivity contribution in [1.29, 1.82) is 0 Å². The van der Waals surface area contributed by atoms with Crippen LogP contribution in [-0.2, 0) is 11.2 Å². The van der Waals surface area contributed by atoms with Crippen molar-refractivity contribution in [2.75, 3.05) is 0 Å². The third-order valence-electron chi connectivity index (χ3n) is 3.74. The highest BCUT2D eigenvalue weighted by Crippen LogP contribution is 2.26. The van der Waals surface area contributed by atoms with E-state index in [9.17, 15) is 4.79 Å². The molecule has 0 unspecified atom stereocenters. The fourth-order valence-electron chi connectivity index (χ4n) is 2.32. The molecule has 26 heavy (non-hydrogen) atoms. The van der Waals surface area contributed by atoms with Crippen LogP contribution in [0.3, 0.4) is 0 Å². The molecule has 6 heteroatoms. The molecular weight excluding hydrogens is 416 g/mol. The number of rotatable bonds is 5. The number of aryl methyl sites for hydroxylation is 1. The van der Waals surface area contributed by atoms with Gasteiger partial charge in [0, 0.05) is 15.1 Å². The van der Waals surface area contributed by atoms with E-state index in [-0.39, 0.29) is 12.3 Å². The largest absolute Gasteiger partial charge is 0.455 e. The average molecular weight is 432 g/mol. The third-order valence-corrected chi connectivity index (χ3v) is 4.68. The highest BCUT2D eigenvalue weighted by Gasteiger charge is 2.06. The quantitative estimate of drug-likeness (QED) is 0.436. The van der Waals surface area contributed by atoms with Crippen LogP contribution in [0.15, 0.2) is 68.6 Å². The molecule has 0 saturated carbocycles. The Balaban J connectivity index is 1.59. The van der Waals surface area contributed by atoms with Gasteiger partial charge in [-0.15, -0.1) is 0 Å². The van der Waals surface area contributed by atoms with Crippen LogP contribution in [0.4, 0.5) is 0 Å². The normalized spacial score (nSPS) is 11.0. The average Bonchev–Trinajstić information content (AvgIpc) is 3.08. The van der Waals surface area contributed by atoms with E-state index in [0.29, 0.717) is 16.5 Å². The van der Waals surface area contributed by atoms with E-state index in [1.54, 1.807) is 6.07 Å². The second-order valence-corrected chi connectivity index (χ2v) is 7.09. The van der Waals surface area contributed by atoms with Crippen molar-refractivity contribution in [3.63, 3.8) is 0 Å². The molecule has 0 aliphatic heterocycles. The minimum absolute atomic E-state index is 0.194. The summed E-state index contributed by atoms with van der Waals surface area (Å²) in [6.45, 7) is 1.95. The highest BCUT2D eigenvalue weighted by atomic mass is 79.9. The van der Waals surface area contributed by atoms with E-state index < -0.39 is 0 Å². The Labute approximate surface area is 165 Å². The van der Waals surface area contributed by atoms with E-state index in [4.69, 9.17) is 16.0 Å². The summed E-state index contributed by atoms with van der Waals surface area (Å²) >= 11 is 9.51. The van der Waals surface area contributed by atoms with E-state index in [2.05, 4.69) is 26.5 Å². The van der Waals surface area contributed by atoms with Gasteiger partial charge in [0.15, 0.2) is 0 Å². The van der Waals surface area contributed by atoms with Crippen molar-refractivity contribution >= 4 is 39.7 Å². The Kier molecular flexibility index (Phi) is 5.91. The minimum atomic E-state index is -0.194. The van der Waals surface area contributed by atoms with E-state index in [1.807, 2.05) is 55.5 Å². The SMILES string of the molecule is Cc1ccc(-c2ccc(/C=N\NC(=O)Cc3ccc(Br)cc3)o2)cc1Cl. The van der Waals surface area contributed by atoms with Gasteiger partial charge in [0.1, 0.15) is 11.5 Å². The lowest BCUT2D eigenvalue weighted by Gasteiger charge is -2.01. The van der Waals surface area contributed by atoms with Gasteiger partial charge in [-0.2, -0.15) is 5.10 Å². The van der Waals surface area contributed by atoms with Crippen molar-refractivity contribution < 1.29 is 9.21 Å². The number of nitrogens with one attached hydrogen (secondary N) is 1. The summed E-state index contributed by atoms with van der Waals surface area (Å²) < 4.78 is 6.69. The zero-order chi connectivity index (χ0) is 18.5. The van der Waals surface area contributed by atoms with Crippen molar-refractivity contribution in [3.8, 4) is 11.3 Å². The van der Waals surface area contributed by atoms with Gasteiger partial charge in [-0.25, -0.2) is 5.43 Å². The standard InChI is InChI=1S/C20H16BrClN2O2/c1-13-2-5-15(11-18(13)22)19-9-8-17(26-19)12-23-24-20(25)10-14-3-6-16(21)7-4-14/h2-9,11-12H,10H2,1H3,(H,24,25)/b23-12-. The molecule has 0 aliphatic carbocycles. The second kappa shape index (κ2) is 8.34. The van der Waals surface area contributed by atoms with Crippen LogP contribution in [0.1, 0.15) is 16.9 Å². The fraction of sp³-hybridized carbons (Fsp3) is 0.100. The second-order valence-electron chi connectivity index (χ2n) is 5.76. The molecule has 3 rings (SSSR count). The highest BCUT2D eigenvalue weighted by molar-refractivity contribution is 9.10. The number of carbonyl (C=O) groups excluding carboxylic acids is 1. The number of hydrogen-bond donors (Lipinski definition) is 1. The molecule has 0 atom stereocenters. The Morgan fingerprint density at radius 1 is 1.19 bits per heavy atom. The van der Waals surface area contributed by atoms with Crippen molar-refractivity contribution in [2.45, 2.75) is 13.3 Å². The number of halogens is 2. The first-order chi connectivity index (χ1) is 12.5. The summed E-state index contributed by atoms with van der Waals surface area (Å²) in [6, 6.07) is 16.9. The molecule has 0 saturated heterocycles. The van der Waals surface area contributed by atoms with E-state index in [0.717, 1.165) is 21.2 Å². The van der Waals surface area contributed by atoms with E-state index in [1.165, 1.54) is 6.21 Å². The number of benzene rings is 2. The molecule has 1 aromatic heterocycles. The number of hydrogen-bond acceptors (Lipinski definition) is 3. The molecule has 1 heterocycles. The van der Waals surface area contributed by atoms with Crippen LogP contribution in [-0.4, -0.2) is 12.1 Å². The van der Waals surface area contributed by atoms with Crippen molar-refractivity contribution in [2.24, 2.45) is 5.10 Å². The zero-order valence-corrected chi connectivity index (χ0v) is 16.3. The number of carbonyl (C=O) groups is 1. The summed E-state index contributed by atoms with van der Waals surface area (Å²) in [6.07, 6.45) is 1.73. The van der Waals surface area contributed by atoms with Crippen molar-refractivity contribution in [3.05, 3.63) is 81.0 Å². The monoisotopic (exact) mass is 430 g/mol. The molecule has 1 N–H and O–H groups in total. The van der Waals surface area contributed by atoms with Crippen LogP contribution in [0.25, 0.3) is 11.3 Å². The summed E-state index contributed by atoms with van der Waals surface area (Å²) in [5, 5.41) is 4.63. The van der Waals surface area contributed by atoms with Gasteiger partial charge in [0.05, 0.1) is 12.6 Å². The molecule has 4 nitrogen and oxygen atoms in total. The maximum Gasteiger partial charge on any atom is 0.244 e. The van der Waals surface area contributed by atoms with Crippen LogP contribution >= 0.6 is 27.5 Å². The van der Waals surface area contributed by atoms with Gasteiger partial charge in [-0.3, -0.25) is 4.79 Å². The third kappa shape index (κ3) is 4.84. The molecule has 0 fully saturated rings. The Morgan fingerprint density at radius 2 is 1.96 bits per heavy atom. The van der Waals surface area contributed by atoms with Gasteiger partial charge >= 0.3 is 0 Å². The first-order valence-electron chi connectivity index (χ1n) is 7.94. The molecule has 0 bridgehead atoms. The first kappa shape index (κ1) is 18.4. The number of amides is 1. The maximum atomic E-state index is 11.9. The summed E-state index contributed by atoms with van der Waals surface area (Å²) in [7, 11) is 0. The number of hydrazone groups is 1. The molecule has 0 aliphatic rings. The molecule has 2 aromatic carbocycles. The Bertz CT molecular complexity index is 949. The Hall–Kier alpha value is -2.37. The van der Waals surface area contributed by atoms with Crippen molar-refractivity contribution in [1.82, 2.24) is 5.43 Å². The maximum absolute atomic E-state index is 11.9. The van der Waals surface area contributed by atoms with Gasteiger partial charge < -0.3 is 4.42 Å².